The van der Waals surface area contributed by atoms with E-state index in [0.29, 0.717) is 16.4 Å². The van der Waals surface area contributed by atoms with Crippen LogP contribution in [0.15, 0.2) is 30.3 Å². The summed E-state index contributed by atoms with van der Waals surface area (Å²) in [6.45, 7) is 4.45. The molecule has 2 heterocycles. The van der Waals surface area contributed by atoms with Gasteiger partial charge in [0.1, 0.15) is 4.83 Å². The number of carbonyl (C=O) groups excluding carboxylic acids is 1. The Morgan fingerprint density at radius 2 is 2.19 bits per heavy atom. The molecular formula is C15H14ClN3OS. The van der Waals surface area contributed by atoms with Gasteiger partial charge < -0.3 is 5.32 Å². The van der Waals surface area contributed by atoms with E-state index in [4.69, 9.17) is 11.6 Å². The number of aryl methyl sites for hydroxylation is 1. The third-order valence-corrected chi connectivity index (χ3v) is 4.62. The van der Waals surface area contributed by atoms with Crippen molar-refractivity contribution in [1.82, 2.24) is 15.1 Å². The highest BCUT2D eigenvalue weighted by Crippen LogP contribution is 2.32. The van der Waals surface area contributed by atoms with Crippen LogP contribution >= 0.6 is 22.9 Å². The van der Waals surface area contributed by atoms with Crippen LogP contribution in [0.2, 0.25) is 5.02 Å². The minimum Gasteiger partial charge on any atom is -0.352 e. The average Bonchev–Trinajstić information content (AvgIpc) is 3.01. The Morgan fingerprint density at radius 1 is 1.43 bits per heavy atom. The van der Waals surface area contributed by atoms with E-state index in [2.05, 4.69) is 10.4 Å². The Morgan fingerprint density at radius 3 is 2.90 bits per heavy atom. The molecule has 0 spiro atoms. The first-order valence-electron chi connectivity index (χ1n) is 6.64. The molecule has 1 N–H and O–H groups in total. The van der Waals surface area contributed by atoms with Crippen LogP contribution in [0, 0.1) is 6.92 Å². The highest BCUT2D eigenvalue weighted by molar-refractivity contribution is 7.20. The number of thiophene rings is 1. The predicted octanol–water partition coefficient (Wildman–Crippen LogP) is 3.80. The molecule has 6 heteroatoms. The number of aromatic nitrogens is 2. The summed E-state index contributed by atoms with van der Waals surface area (Å²) in [5.74, 6) is -0.0520. The molecule has 3 aromatic rings. The molecule has 0 saturated carbocycles. The van der Waals surface area contributed by atoms with Crippen molar-refractivity contribution in [2.45, 2.75) is 13.8 Å². The molecule has 3 rings (SSSR count). The highest BCUT2D eigenvalue weighted by atomic mass is 35.5. The second-order valence-electron chi connectivity index (χ2n) is 4.64. The van der Waals surface area contributed by atoms with Crippen molar-refractivity contribution in [3.63, 3.8) is 0 Å². The van der Waals surface area contributed by atoms with Crippen molar-refractivity contribution in [2.75, 3.05) is 6.54 Å². The van der Waals surface area contributed by atoms with E-state index in [1.54, 1.807) is 4.68 Å². The zero-order valence-electron chi connectivity index (χ0n) is 11.7. The van der Waals surface area contributed by atoms with Gasteiger partial charge in [-0.05, 0) is 32.0 Å². The first kappa shape index (κ1) is 14.1. The minimum absolute atomic E-state index is 0.0520. The van der Waals surface area contributed by atoms with Gasteiger partial charge in [0.25, 0.3) is 5.91 Å². The van der Waals surface area contributed by atoms with E-state index in [0.717, 1.165) is 21.6 Å². The number of hydrogen-bond acceptors (Lipinski definition) is 3. The highest BCUT2D eigenvalue weighted by Gasteiger charge is 2.17. The molecular weight excluding hydrogens is 306 g/mol. The first-order chi connectivity index (χ1) is 10.1. The van der Waals surface area contributed by atoms with Gasteiger partial charge in [0.2, 0.25) is 0 Å². The number of nitrogens with zero attached hydrogens (tertiary/aromatic N) is 2. The van der Waals surface area contributed by atoms with Gasteiger partial charge in [0.05, 0.1) is 21.3 Å². The summed E-state index contributed by atoms with van der Waals surface area (Å²) in [7, 11) is 0. The largest absolute Gasteiger partial charge is 0.352 e. The third-order valence-electron chi connectivity index (χ3n) is 3.19. The average molecular weight is 320 g/mol. The quantitative estimate of drug-likeness (QED) is 0.798. The monoisotopic (exact) mass is 319 g/mol. The molecule has 0 saturated heterocycles. The summed E-state index contributed by atoms with van der Waals surface area (Å²) in [4.78, 5) is 13.6. The molecule has 21 heavy (non-hydrogen) atoms. The Hall–Kier alpha value is -1.85. The zero-order chi connectivity index (χ0) is 15.0. The molecule has 0 bridgehead atoms. The van der Waals surface area contributed by atoms with Crippen LogP contribution in [0.4, 0.5) is 0 Å². The molecule has 0 fully saturated rings. The zero-order valence-corrected chi connectivity index (χ0v) is 13.3. The molecule has 108 valence electrons. The van der Waals surface area contributed by atoms with Crippen LogP contribution in [0.3, 0.4) is 0 Å². The fraction of sp³-hybridized carbons (Fsp3) is 0.200. The maximum Gasteiger partial charge on any atom is 0.261 e. The van der Waals surface area contributed by atoms with Gasteiger partial charge >= 0.3 is 0 Å². The van der Waals surface area contributed by atoms with Gasteiger partial charge in [0, 0.05) is 11.9 Å². The maximum atomic E-state index is 12.0. The van der Waals surface area contributed by atoms with E-state index in [1.807, 2.05) is 44.2 Å². The smallest absolute Gasteiger partial charge is 0.261 e. The molecule has 2 aromatic heterocycles. The maximum absolute atomic E-state index is 12.0. The van der Waals surface area contributed by atoms with Crippen LogP contribution in [0.5, 0.6) is 0 Å². The Labute approximate surface area is 131 Å². The van der Waals surface area contributed by atoms with E-state index >= 15 is 0 Å². The predicted molar refractivity (Wildman–Crippen MR) is 86.7 cm³/mol. The number of amides is 1. The standard InChI is InChI=1S/C15H14ClN3OS/c1-3-17-14(20)13-8-10-9(2)18-19(15(10)21-13)12-7-5-4-6-11(12)16/h4-8H,3H2,1-2H3,(H,17,20). The number of rotatable bonds is 3. The van der Waals surface area contributed by atoms with Crippen molar-refractivity contribution in [3.05, 3.63) is 45.9 Å². The summed E-state index contributed by atoms with van der Waals surface area (Å²) >= 11 is 7.68. The van der Waals surface area contributed by atoms with Gasteiger partial charge in [-0.3, -0.25) is 4.79 Å². The first-order valence-corrected chi connectivity index (χ1v) is 7.83. The molecule has 0 aliphatic rings. The molecule has 4 nitrogen and oxygen atoms in total. The van der Waals surface area contributed by atoms with Gasteiger partial charge in [0.15, 0.2) is 0 Å². The molecule has 0 aliphatic carbocycles. The van der Waals surface area contributed by atoms with Crippen LogP contribution in [0.25, 0.3) is 15.9 Å². The van der Waals surface area contributed by atoms with Crippen molar-refractivity contribution < 1.29 is 4.79 Å². The van der Waals surface area contributed by atoms with Crippen LogP contribution in [-0.2, 0) is 0 Å². The summed E-state index contributed by atoms with van der Waals surface area (Å²) in [5.41, 5.74) is 1.71. The normalized spacial score (nSPS) is 11.0. The van der Waals surface area contributed by atoms with E-state index in [1.165, 1.54) is 11.3 Å². The lowest BCUT2D eigenvalue weighted by Gasteiger charge is -2.04. The minimum atomic E-state index is -0.0520. The Kier molecular flexibility index (Phi) is 3.69. The number of fused-ring (bicyclic) bond motifs is 1. The van der Waals surface area contributed by atoms with Gasteiger partial charge in [-0.25, -0.2) is 4.68 Å². The van der Waals surface area contributed by atoms with Crippen molar-refractivity contribution in [2.24, 2.45) is 0 Å². The Bertz CT molecular complexity index is 822. The SMILES string of the molecule is CCNC(=O)c1cc2c(C)nn(-c3ccccc3Cl)c2s1. The number of para-hydroxylation sites is 1. The van der Waals surface area contributed by atoms with Crippen molar-refractivity contribution >= 4 is 39.1 Å². The Balaban J connectivity index is 2.17. The summed E-state index contributed by atoms with van der Waals surface area (Å²) in [6, 6.07) is 9.44. The summed E-state index contributed by atoms with van der Waals surface area (Å²) in [6.07, 6.45) is 0. The van der Waals surface area contributed by atoms with Gasteiger partial charge in [-0.2, -0.15) is 5.10 Å². The third kappa shape index (κ3) is 2.43. The second kappa shape index (κ2) is 5.50. The molecule has 0 unspecified atom stereocenters. The van der Waals surface area contributed by atoms with Crippen LogP contribution in [-0.4, -0.2) is 22.2 Å². The second-order valence-corrected chi connectivity index (χ2v) is 6.08. The number of hydrogen-bond donors (Lipinski definition) is 1. The van der Waals surface area contributed by atoms with Crippen LogP contribution < -0.4 is 5.32 Å². The molecule has 0 aliphatic heterocycles. The van der Waals surface area contributed by atoms with E-state index in [-0.39, 0.29) is 5.91 Å². The molecule has 1 aromatic carbocycles. The lowest BCUT2D eigenvalue weighted by molar-refractivity contribution is 0.0960. The number of nitrogens with one attached hydrogen (secondary N) is 1. The fourth-order valence-electron chi connectivity index (χ4n) is 2.19. The summed E-state index contributed by atoms with van der Waals surface area (Å²) < 4.78 is 1.81. The lowest BCUT2D eigenvalue weighted by atomic mass is 10.3. The fourth-order valence-corrected chi connectivity index (χ4v) is 3.50. The van der Waals surface area contributed by atoms with Gasteiger partial charge in [-0.1, -0.05) is 23.7 Å². The summed E-state index contributed by atoms with van der Waals surface area (Å²) in [5, 5.41) is 8.98. The number of benzene rings is 1. The topological polar surface area (TPSA) is 46.9 Å². The lowest BCUT2D eigenvalue weighted by Crippen LogP contribution is -2.21. The van der Waals surface area contributed by atoms with E-state index in [9.17, 15) is 4.79 Å². The van der Waals surface area contributed by atoms with Crippen LogP contribution in [0.1, 0.15) is 22.3 Å². The van der Waals surface area contributed by atoms with Crippen molar-refractivity contribution in [1.29, 1.82) is 0 Å². The molecule has 0 atom stereocenters. The molecule has 0 radical (unpaired) electrons. The number of halogens is 1. The van der Waals surface area contributed by atoms with Gasteiger partial charge in [-0.15, -0.1) is 11.3 Å². The molecule has 1 amide bonds. The number of carbonyl (C=O) groups is 1. The van der Waals surface area contributed by atoms with Crippen molar-refractivity contribution in [3.8, 4) is 5.69 Å². The van der Waals surface area contributed by atoms with E-state index < -0.39 is 0 Å².